The number of hydrogen-bond donors (Lipinski definition) is 0. The minimum absolute atomic E-state index is 1.00. The minimum Gasteiger partial charge on any atom is -0.0605 e. The van der Waals surface area contributed by atoms with Gasteiger partial charge in [-0.1, -0.05) is 56.1 Å². The molecule has 0 atom stereocenters. The second-order valence-electron chi connectivity index (χ2n) is 5.40. The summed E-state index contributed by atoms with van der Waals surface area (Å²) in [5, 5.41) is 0. The summed E-state index contributed by atoms with van der Waals surface area (Å²) >= 11 is 7.14. The average molecular weight is 404 g/mol. The molecule has 0 N–H and O–H groups in total. The molecule has 106 valence electrons. The summed E-state index contributed by atoms with van der Waals surface area (Å²) in [6.07, 6.45) is 1.00. The van der Waals surface area contributed by atoms with Crippen molar-refractivity contribution in [2.75, 3.05) is 0 Å². The summed E-state index contributed by atoms with van der Waals surface area (Å²) in [5.74, 6) is 0. The van der Waals surface area contributed by atoms with Crippen molar-refractivity contribution in [2.45, 2.75) is 20.3 Å². The van der Waals surface area contributed by atoms with Crippen LogP contribution in [0.4, 0.5) is 0 Å². The Morgan fingerprint density at radius 2 is 1.14 bits per heavy atom. The third-order valence-corrected chi connectivity index (χ3v) is 5.15. The predicted octanol–water partition coefficient (Wildman–Crippen LogP) is 6.86. The molecule has 2 aromatic rings. The van der Waals surface area contributed by atoms with Crippen LogP contribution in [0, 0.1) is 0 Å². The van der Waals surface area contributed by atoms with Crippen molar-refractivity contribution < 1.29 is 0 Å². The second kappa shape index (κ2) is 5.94. The van der Waals surface area contributed by atoms with Crippen molar-refractivity contribution in [1.82, 2.24) is 0 Å². The fourth-order valence-corrected chi connectivity index (χ4v) is 3.68. The lowest BCUT2D eigenvalue weighted by Gasteiger charge is -2.08. The van der Waals surface area contributed by atoms with E-state index in [-0.39, 0.29) is 0 Å². The van der Waals surface area contributed by atoms with Crippen LogP contribution in [0.5, 0.6) is 0 Å². The van der Waals surface area contributed by atoms with Gasteiger partial charge in [0.2, 0.25) is 0 Å². The van der Waals surface area contributed by atoms with E-state index in [4.69, 9.17) is 0 Å². The van der Waals surface area contributed by atoms with Gasteiger partial charge in [-0.15, -0.1) is 0 Å². The quantitative estimate of drug-likeness (QED) is 0.513. The lowest BCUT2D eigenvalue weighted by Crippen LogP contribution is -1.86. The number of halogens is 2. The van der Waals surface area contributed by atoms with E-state index in [0.717, 1.165) is 15.4 Å². The van der Waals surface area contributed by atoms with Crippen molar-refractivity contribution in [3.05, 3.63) is 79.7 Å². The molecule has 2 aromatic carbocycles. The predicted molar refractivity (Wildman–Crippen MR) is 98.1 cm³/mol. The smallest absolute Gasteiger partial charge is 0.0181 e. The van der Waals surface area contributed by atoms with Crippen LogP contribution in [-0.4, -0.2) is 0 Å². The summed E-state index contributed by atoms with van der Waals surface area (Å²) in [6.45, 7) is 4.47. The minimum atomic E-state index is 1.00. The molecule has 0 spiro atoms. The highest BCUT2D eigenvalue weighted by molar-refractivity contribution is 9.10. The molecule has 0 radical (unpaired) electrons. The van der Waals surface area contributed by atoms with Crippen LogP contribution in [0.1, 0.15) is 31.4 Å². The molecule has 0 amide bonds. The van der Waals surface area contributed by atoms with Crippen molar-refractivity contribution in [3.63, 3.8) is 0 Å². The van der Waals surface area contributed by atoms with E-state index in [1.54, 1.807) is 0 Å². The zero-order valence-electron chi connectivity index (χ0n) is 12.1. The molecule has 0 aromatic heterocycles. The molecule has 1 aliphatic rings. The first-order chi connectivity index (χ1) is 10.1. The number of benzene rings is 2. The highest BCUT2D eigenvalue weighted by Gasteiger charge is 2.21. The van der Waals surface area contributed by atoms with Gasteiger partial charge in [0.25, 0.3) is 0 Å². The standard InChI is InChI=1S/C19H16Br2/c1-12-13(2)19(15-6-4-8-17(21)10-15)11-18(12)14-5-3-7-16(20)9-14/h3-10H,11H2,1-2H3. The van der Waals surface area contributed by atoms with Gasteiger partial charge in [0, 0.05) is 8.95 Å². The Kier molecular flexibility index (Phi) is 4.19. The zero-order chi connectivity index (χ0) is 15.0. The maximum absolute atomic E-state index is 3.57. The first-order valence-electron chi connectivity index (χ1n) is 6.98. The Hall–Kier alpha value is -1.12. The summed E-state index contributed by atoms with van der Waals surface area (Å²) in [6, 6.07) is 17.2. The van der Waals surface area contributed by atoms with E-state index in [9.17, 15) is 0 Å². The largest absolute Gasteiger partial charge is 0.0605 e. The van der Waals surface area contributed by atoms with Gasteiger partial charge >= 0.3 is 0 Å². The molecular weight excluding hydrogens is 388 g/mol. The molecule has 0 fully saturated rings. The SMILES string of the molecule is CC1=C(c2cccc(Br)c2)CC(c2cccc(Br)c2)=C1C. The van der Waals surface area contributed by atoms with Crippen molar-refractivity contribution in [1.29, 1.82) is 0 Å². The Morgan fingerprint density at radius 3 is 1.52 bits per heavy atom. The van der Waals surface area contributed by atoms with Crippen LogP contribution in [0.2, 0.25) is 0 Å². The monoisotopic (exact) mass is 402 g/mol. The fourth-order valence-electron chi connectivity index (χ4n) is 2.88. The molecular formula is C19H16Br2. The first-order valence-corrected chi connectivity index (χ1v) is 8.56. The van der Waals surface area contributed by atoms with Gasteiger partial charge in [0.15, 0.2) is 0 Å². The Morgan fingerprint density at radius 1 is 0.714 bits per heavy atom. The molecule has 0 aliphatic heterocycles. The van der Waals surface area contributed by atoms with E-state index in [1.807, 2.05) is 0 Å². The molecule has 0 heterocycles. The van der Waals surface area contributed by atoms with Gasteiger partial charge in [-0.2, -0.15) is 0 Å². The van der Waals surface area contributed by atoms with E-state index >= 15 is 0 Å². The second-order valence-corrected chi connectivity index (χ2v) is 7.24. The Bertz CT molecular complexity index is 701. The van der Waals surface area contributed by atoms with Gasteiger partial charge in [0.05, 0.1) is 0 Å². The molecule has 21 heavy (non-hydrogen) atoms. The third-order valence-electron chi connectivity index (χ3n) is 4.17. The van der Waals surface area contributed by atoms with Crippen LogP contribution < -0.4 is 0 Å². The van der Waals surface area contributed by atoms with Crippen LogP contribution in [-0.2, 0) is 0 Å². The van der Waals surface area contributed by atoms with Crippen molar-refractivity contribution in [3.8, 4) is 0 Å². The summed E-state index contributed by atoms with van der Waals surface area (Å²) in [7, 11) is 0. The lowest BCUT2D eigenvalue weighted by atomic mass is 9.98. The van der Waals surface area contributed by atoms with E-state index in [1.165, 1.54) is 33.4 Å². The topological polar surface area (TPSA) is 0 Å². The zero-order valence-corrected chi connectivity index (χ0v) is 15.3. The molecule has 0 saturated carbocycles. The van der Waals surface area contributed by atoms with Gasteiger partial charge in [-0.05, 0) is 78.0 Å². The van der Waals surface area contributed by atoms with Gasteiger partial charge in [-0.25, -0.2) is 0 Å². The Balaban J connectivity index is 2.00. The molecule has 0 bridgehead atoms. The van der Waals surface area contributed by atoms with Crippen LogP contribution >= 0.6 is 31.9 Å². The van der Waals surface area contributed by atoms with Crippen molar-refractivity contribution >= 4 is 43.0 Å². The number of allylic oxidation sites excluding steroid dienone is 4. The van der Waals surface area contributed by atoms with E-state index in [2.05, 4.69) is 94.2 Å². The molecule has 0 unspecified atom stereocenters. The summed E-state index contributed by atoms with van der Waals surface area (Å²) in [5.41, 5.74) is 8.30. The number of rotatable bonds is 2. The van der Waals surface area contributed by atoms with Crippen LogP contribution in [0.25, 0.3) is 11.1 Å². The maximum Gasteiger partial charge on any atom is 0.0181 e. The van der Waals surface area contributed by atoms with Gasteiger partial charge < -0.3 is 0 Å². The highest BCUT2D eigenvalue weighted by Crippen LogP contribution is 2.43. The lowest BCUT2D eigenvalue weighted by molar-refractivity contribution is 1.38. The summed E-state index contributed by atoms with van der Waals surface area (Å²) < 4.78 is 2.27. The summed E-state index contributed by atoms with van der Waals surface area (Å²) in [4.78, 5) is 0. The highest BCUT2D eigenvalue weighted by atomic mass is 79.9. The van der Waals surface area contributed by atoms with Crippen LogP contribution in [0.3, 0.4) is 0 Å². The molecule has 3 rings (SSSR count). The molecule has 0 nitrogen and oxygen atoms in total. The van der Waals surface area contributed by atoms with E-state index in [0.29, 0.717) is 0 Å². The fraction of sp³-hybridized carbons (Fsp3) is 0.158. The molecule has 1 aliphatic carbocycles. The molecule has 0 saturated heterocycles. The maximum atomic E-state index is 3.57. The number of hydrogen-bond acceptors (Lipinski definition) is 0. The van der Waals surface area contributed by atoms with E-state index < -0.39 is 0 Å². The Labute approximate surface area is 142 Å². The normalized spacial score (nSPS) is 15.0. The average Bonchev–Trinajstić information content (AvgIpc) is 2.75. The molecule has 2 heteroatoms. The first kappa shape index (κ1) is 14.8. The van der Waals surface area contributed by atoms with Crippen LogP contribution in [0.15, 0.2) is 68.6 Å². The van der Waals surface area contributed by atoms with Gasteiger partial charge in [0.1, 0.15) is 0 Å². The third kappa shape index (κ3) is 2.93. The van der Waals surface area contributed by atoms with Gasteiger partial charge in [-0.3, -0.25) is 0 Å². The van der Waals surface area contributed by atoms with Crippen molar-refractivity contribution in [2.24, 2.45) is 0 Å².